The minimum absolute atomic E-state index is 0.0788. The first-order valence-corrected chi connectivity index (χ1v) is 11.5. The van der Waals surface area contributed by atoms with Gasteiger partial charge in [-0.3, -0.25) is 0 Å². The highest BCUT2D eigenvalue weighted by molar-refractivity contribution is 7.99. The number of amides is 2. The molecule has 5 nitrogen and oxygen atoms in total. The number of anilines is 1. The van der Waals surface area contributed by atoms with Crippen molar-refractivity contribution in [2.24, 2.45) is 0 Å². The van der Waals surface area contributed by atoms with Crippen LogP contribution in [0.2, 0.25) is 0 Å². The summed E-state index contributed by atoms with van der Waals surface area (Å²) in [5.41, 5.74) is 4.23. The van der Waals surface area contributed by atoms with E-state index in [2.05, 4.69) is 51.2 Å². The number of carbonyl (C=O) groups is 1. The molecular formula is C24H32N2O3S. The zero-order chi connectivity index (χ0) is 21.8. The molecule has 1 N–H and O–H groups in total. The van der Waals surface area contributed by atoms with E-state index in [4.69, 9.17) is 9.47 Å². The fourth-order valence-corrected chi connectivity index (χ4v) is 5.11. The van der Waals surface area contributed by atoms with E-state index in [1.54, 1.807) is 26.0 Å². The number of nitrogens with zero attached hydrogens (tertiary/aromatic N) is 1. The minimum Gasteiger partial charge on any atom is -0.497 e. The number of urea groups is 1. The number of rotatable bonds is 6. The largest absolute Gasteiger partial charge is 0.497 e. The third-order valence-corrected chi connectivity index (χ3v) is 6.70. The lowest BCUT2D eigenvalue weighted by Crippen LogP contribution is -2.35. The SMILES string of the molecule is COc1ccc(OC)c([C@H]2SCCN2C(=O)Nc2c(C(C)C)cccc2C(C)C)c1. The standard InChI is InChI=1S/C24H32N2O3S/c1-15(2)18-8-7-9-19(16(3)4)22(18)25-24(27)26-12-13-30-23(26)20-14-17(28-5)10-11-21(20)29-6/h7-11,14-16,23H,12-13H2,1-6H3,(H,25,27)/t23-/m1/s1. The first-order chi connectivity index (χ1) is 14.4. The van der Waals surface area contributed by atoms with Crippen molar-refractivity contribution in [3.05, 3.63) is 53.1 Å². The predicted molar refractivity (Wildman–Crippen MR) is 125 cm³/mol. The number of carbonyl (C=O) groups excluding carboxylic acids is 1. The summed E-state index contributed by atoms with van der Waals surface area (Å²) in [7, 11) is 3.30. The monoisotopic (exact) mass is 428 g/mol. The number of methoxy groups -OCH3 is 2. The van der Waals surface area contributed by atoms with Gasteiger partial charge in [-0.1, -0.05) is 45.9 Å². The van der Waals surface area contributed by atoms with Crippen molar-refractivity contribution in [3.63, 3.8) is 0 Å². The molecule has 2 amide bonds. The number of hydrogen-bond acceptors (Lipinski definition) is 4. The normalized spacial score (nSPS) is 16.3. The molecule has 0 aliphatic carbocycles. The molecule has 1 aliphatic heterocycles. The van der Waals surface area contributed by atoms with Crippen LogP contribution in [-0.4, -0.2) is 37.4 Å². The molecule has 0 saturated carbocycles. The first kappa shape index (κ1) is 22.3. The Morgan fingerprint density at radius 1 is 1.07 bits per heavy atom. The lowest BCUT2D eigenvalue weighted by atomic mass is 9.93. The van der Waals surface area contributed by atoms with E-state index >= 15 is 0 Å². The van der Waals surface area contributed by atoms with Gasteiger partial charge in [-0.05, 0) is 41.2 Å². The fourth-order valence-electron chi connectivity index (χ4n) is 3.84. The Balaban J connectivity index is 1.93. The third kappa shape index (κ3) is 4.53. The second kappa shape index (κ2) is 9.65. The van der Waals surface area contributed by atoms with Crippen LogP contribution < -0.4 is 14.8 Å². The molecule has 1 atom stereocenters. The Morgan fingerprint density at radius 3 is 2.30 bits per heavy atom. The Bertz CT molecular complexity index is 872. The molecule has 30 heavy (non-hydrogen) atoms. The van der Waals surface area contributed by atoms with E-state index in [0.29, 0.717) is 18.4 Å². The molecule has 1 saturated heterocycles. The number of nitrogens with one attached hydrogen (secondary N) is 1. The van der Waals surface area contributed by atoms with Crippen molar-refractivity contribution in [1.29, 1.82) is 0 Å². The summed E-state index contributed by atoms with van der Waals surface area (Å²) in [6, 6.07) is 11.9. The highest BCUT2D eigenvalue weighted by Crippen LogP contribution is 2.44. The molecule has 0 spiro atoms. The molecule has 2 aromatic carbocycles. The van der Waals surface area contributed by atoms with Crippen LogP contribution >= 0.6 is 11.8 Å². The molecule has 0 radical (unpaired) electrons. The molecular weight excluding hydrogens is 396 g/mol. The predicted octanol–water partition coefficient (Wildman–Crippen LogP) is 6.23. The Kier molecular flexibility index (Phi) is 7.19. The number of para-hydroxylation sites is 1. The maximum Gasteiger partial charge on any atom is 0.323 e. The third-order valence-electron chi connectivity index (χ3n) is 5.46. The Hall–Kier alpha value is -2.34. The second-order valence-corrected chi connectivity index (χ2v) is 9.26. The van der Waals surface area contributed by atoms with Gasteiger partial charge < -0.3 is 19.7 Å². The van der Waals surface area contributed by atoms with Crippen LogP contribution in [0.4, 0.5) is 10.5 Å². The van der Waals surface area contributed by atoms with Crippen LogP contribution in [0.5, 0.6) is 11.5 Å². The van der Waals surface area contributed by atoms with Crippen LogP contribution in [0.15, 0.2) is 36.4 Å². The molecule has 0 unspecified atom stereocenters. The Labute approximate surface area is 184 Å². The molecule has 1 aliphatic rings. The van der Waals surface area contributed by atoms with E-state index in [-0.39, 0.29) is 11.4 Å². The van der Waals surface area contributed by atoms with Crippen LogP contribution in [0.3, 0.4) is 0 Å². The highest BCUT2D eigenvalue weighted by atomic mass is 32.2. The highest BCUT2D eigenvalue weighted by Gasteiger charge is 2.33. The summed E-state index contributed by atoms with van der Waals surface area (Å²) in [6.07, 6.45) is 0. The van der Waals surface area contributed by atoms with Crippen LogP contribution in [-0.2, 0) is 0 Å². The number of hydrogen-bond donors (Lipinski definition) is 1. The fraction of sp³-hybridized carbons (Fsp3) is 0.458. The maximum atomic E-state index is 13.4. The molecule has 6 heteroatoms. The van der Waals surface area contributed by atoms with Gasteiger partial charge in [-0.2, -0.15) is 0 Å². The summed E-state index contributed by atoms with van der Waals surface area (Å²) >= 11 is 1.74. The van der Waals surface area contributed by atoms with E-state index in [0.717, 1.165) is 39.6 Å². The summed E-state index contributed by atoms with van der Waals surface area (Å²) in [5, 5.41) is 3.13. The summed E-state index contributed by atoms with van der Waals surface area (Å²) in [5.74, 6) is 3.04. The molecule has 3 rings (SSSR count). The van der Waals surface area contributed by atoms with E-state index in [9.17, 15) is 4.79 Å². The quantitative estimate of drug-likeness (QED) is 0.592. The summed E-state index contributed by atoms with van der Waals surface area (Å²) < 4.78 is 11.0. The average molecular weight is 429 g/mol. The summed E-state index contributed by atoms with van der Waals surface area (Å²) in [4.78, 5) is 15.3. The summed E-state index contributed by atoms with van der Waals surface area (Å²) in [6.45, 7) is 9.31. The van der Waals surface area contributed by atoms with E-state index in [1.165, 1.54) is 0 Å². The van der Waals surface area contributed by atoms with Crippen molar-refractivity contribution in [1.82, 2.24) is 4.90 Å². The van der Waals surface area contributed by atoms with Gasteiger partial charge in [0.2, 0.25) is 0 Å². The number of benzene rings is 2. The van der Waals surface area contributed by atoms with Crippen molar-refractivity contribution in [2.75, 3.05) is 31.8 Å². The van der Waals surface area contributed by atoms with Gasteiger partial charge in [0.1, 0.15) is 16.9 Å². The van der Waals surface area contributed by atoms with Gasteiger partial charge in [0.05, 0.1) is 14.2 Å². The minimum atomic E-state index is -0.122. The number of ether oxygens (including phenoxy) is 2. The molecule has 0 bridgehead atoms. The van der Waals surface area contributed by atoms with Gasteiger partial charge in [-0.15, -0.1) is 11.8 Å². The van der Waals surface area contributed by atoms with Crippen LogP contribution in [0.1, 0.15) is 61.6 Å². The second-order valence-electron chi connectivity index (χ2n) is 8.08. The van der Waals surface area contributed by atoms with Gasteiger partial charge >= 0.3 is 6.03 Å². The van der Waals surface area contributed by atoms with Crippen molar-refractivity contribution >= 4 is 23.5 Å². The van der Waals surface area contributed by atoms with E-state index in [1.807, 2.05) is 23.1 Å². The Morgan fingerprint density at radius 2 is 1.73 bits per heavy atom. The van der Waals surface area contributed by atoms with Crippen LogP contribution in [0.25, 0.3) is 0 Å². The van der Waals surface area contributed by atoms with Crippen molar-refractivity contribution < 1.29 is 14.3 Å². The molecule has 162 valence electrons. The zero-order valence-corrected chi connectivity index (χ0v) is 19.5. The van der Waals surface area contributed by atoms with Gasteiger partial charge in [0.15, 0.2) is 0 Å². The topological polar surface area (TPSA) is 50.8 Å². The number of thioether (sulfide) groups is 1. The zero-order valence-electron chi connectivity index (χ0n) is 18.7. The van der Waals surface area contributed by atoms with E-state index < -0.39 is 0 Å². The lowest BCUT2D eigenvalue weighted by molar-refractivity contribution is 0.213. The molecule has 2 aromatic rings. The molecule has 1 fully saturated rings. The van der Waals surface area contributed by atoms with Crippen molar-refractivity contribution in [2.45, 2.75) is 44.9 Å². The first-order valence-electron chi connectivity index (χ1n) is 10.4. The smallest absolute Gasteiger partial charge is 0.323 e. The molecule has 0 aromatic heterocycles. The van der Waals surface area contributed by atoms with Gasteiger partial charge in [-0.25, -0.2) is 4.79 Å². The average Bonchev–Trinajstić information content (AvgIpc) is 3.22. The molecule has 1 heterocycles. The maximum absolute atomic E-state index is 13.4. The van der Waals surface area contributed by atoms with Crippen molar-refractivity contribution in [3.8, 4) is 11.5 Å². The van der Waals surface area contributed by atoms with Gasteiger partial charge in [0.25, 0.3) is 0 Å². The van der Waals surface area contributed by atoms with Crippen LogP contribution in [0, 0.1) is 0 Å². The lowest BCUT2D eigenvalue weighted by Gasteiger charge is -2.28. The van der Waals surface area contributed by atoms with Gasteiger partial charge in [0, 0.05) is 23.5 Å².